The fourth-order valence-corrected chi connectivity index (χ4v) is 4.54. The second-order valence-electron chi connectivity index (χ2n) is 8.92. The Bertz CT molecular complexity index is 1170. The van der Waals surface area contributed by atoms with E-state index in [1.807, 2.05) is 7.05 Å². The van der Waals surface area contributed by atoms with Gasteiger partial charge in [0.15, 0.2) is 23.2 Å². The van der Waals surface area contributed by atoms with Crippen LogP contribution in [0, 0.1) is 5.82 Å². The normalized spacial score (nSPS) is 20.8. The van der Waals surface area contributed by atoms with Crippen LogP contribution in [0.25, 0.3) is 22.4 Å². The van der Waals surface area contributed by atoms with E-state index in [-0.39, 0.29) is 23.5 Å². The lowest BCUT2D eigenvalue weighted by atomic mass is 10.0. The number of pyridine rings is 1. The van der Waals surface area contributed by atoms with Gasteiger partial charge in [-0.1, -0.05) is 0 Å². The summed E-state index contributed by atoms with van der Waals surface area (Å²) in [6.07, 6.45) is 2.97. The van der Waals surface area contributed by atoms with Crippen molar-refractivity contribution in [1.29, 1.82) is 0 Å². The fraction of sp³-hybridized carbons (Fsp3) is 0.500. The zero-order valence-electron chi connectivity index (χ0n) is 18.6. The van der Waals surface area contributed by atoms with Gasteiger partial charge in [-0.2, -0.15) is 0 Å². The number of fused-ring (bicyclic) bond motifs is 4. The zero-order valence-corrected chi connectivity index (χ0v) is 18.6. The molecule has 5 rings (SSSR count). The molecule has 1 saturated heterocycles. The maximum absolute atomic E-state index is 15.3. The summed E-state index contributed by atoms with van der Waals surface area (Å²) < 4.78 is 27.0. The molecule has 9 nitrogen and oxygen atoms in total. The Balaban J connectivity index is 1.79. The van der Waals surface area contributed by atoms with Gasteiger partial charge >= 0.3 is 0 Å². The van der Waals surface area contributed by atoms with E-state index < -0.39 is 11.4 Å². The van der Waals surface area contributed by atoms with Crippen molar-refractivity contribution in [3.8, 4) is 17.1 Å². The van der Waals surface area contributed by atoms with Crippen LogP contribution in [-0.4, -0.2) is 64.0 Å². The van der Waals surface area contributed by atoms with Crippen LogP contribution < -0.4 is 15.0 Å². The van der Waals surface area contributed by atoms with Gasteiger partial charge in [-0.25, -0.2) is 19.3 Å². The number of aliphatic hydroxyl groups is 1. The Kier molecular flexibility index (Phi) is 5.03. The molecule has 2 aliphatic heterocycles. The minimum atomic E-state index is -1.32. The number of rotatable bonds is 4. The van der Waals surface area contributed by atoms with E-state index in [9.17, 15) is 5.11 Å². The molecule has 0 radical (unpaired) electrons. The Morgan fingerprint density at radius 3 is 2.88 bits per heavy atom. The van der Waals surface area contributed by atoms with Crippen molar-refractivity contribution < 1.29 is 19.0 Å². The summed E-state index contributed by atoms with van der Waals surface area (Å²) in [5.41, 5.74) is 0.650. The largest absolute Gasteiger partial charge is 0.485 e. The number of H-pyrrole nitrogens is 1. The lowest BCUT2D eigenvalue weighted by Gasteiger charge is -2.45. The fourth-order valence-electron chi connectivity index (χ4n) is 4.54. The van der Waals surface area contributed by atoms with Gasteiger partial charge in [-0.3, -0.25) is 0 Å². The van der Waals surface area contributed by atoms with Crippen LogP contribution in [0.3, 0.4) is 0 Å². The molecular weight excluding hydrogens is 415 g/mol. The zero-order chi connectivity index (χ0) is 22.6. The van der Waals surface area contributed by atoms with Crippen molar-refractivity contribution in [2.45, 2.75) is 45.0 Å². The van der Waals surface area contributed by atoms with E-state index in [1.54, 1.807) is 20.0 Å². The van der Waals surface area contributed by atoms with E-state index in [0.29, 0.717) is 54.7 Å². The van der Waals surface area contributed by atoms with Crippen LogP contribution in [0.1, 0.15) is 32.0 Å². The molecule has 3 aromatic rings. The number of nitrogens with one attached hydrogen (secondary N) is 2. The number of halogens is 1. The van der Waals surface area contributed by atoms with Crippen molar-refractivity contribution in [1.82, 2.24) is 25.3 Å². The van der Waals surface area contributed by atoms with Crippen molar-refractivity contribution in [2.75, 3.05) is 31.8 Å². The molecule has 5 heterocycles. The molecule has 0 bridgehead atoms. The molecule has 0 unspecified atom stereocenters. The predicted octanol–water partition coefficient (Wildman–Crippen LogP) is 2.09. The number of aromatic amines is 1. The average Bonchev–Trinajstić information content (AvgIpc) is 3.15. The van der Waals surface area contributed by atoms with Crippen LogP contribution >= 0.6 is 0 Å². The summed E-state index contributed by atoms with van der Waals surface area (Å²) in [5.74, 6) is 0.640. The van der Waals surface area contributed by atoms with Crippen molar-refractivity contribution in [3.05, 3.63) is 29.5 Å². The molecule has 2 aliphatic rings. The predicted molar refractivity (Wildman–Crippen MR) is 117 cm³/mol. The lowest BCUT2D eigenvalue weighted by Crippen LogP contribution is -2.56. The molecule has 0 amide bonds. The van der Waals surface area contributed by atoms with E-state index >= 15 is 4.39 Å². The second-order valence-corrected chi connectivity index (χ2v) is 8.92. The molecule has 170 valence electrons. The Morgan fingerprint density at radius 1 is 1.31 bits per heavy atom. The summed E-state index contributed by atoms with van der Waals surface area (Å²) in [5, 5.41) is 14.6. The molecule has 3 aromatic heterocycles. The molecule has 1 fully saturated rings. The highest BCUT2D eigenvalue weighted by Crippen LogP contribution is 2.43. The van der Waals surface area contributed by atoms with Crippen LogP contribution in [0.2, 0.25) is 0 Å². The second kappa shape index (κ2) is 7.65. The number of aromatic nitrogens is 4. The van der Waals surface area contributed by atoms with Crippen LogP contribution in [0.5, 0.6) is 5.75 Å². The molecule has 3 N–H and O–H groups in total. The van der Waals surface area contributed by atoms with Gasteiger partial charge in [-0.15, -0.1) is 0 Å². The van der Waals surface area contributed by atoms with Crippen LogP contribution in [-0.2, 0) is 16.9 Å². The maximum atomic E-state index is 15.3. The standard InChI is InChI=1S/C22H27FN6O3/c1-11-8-31-9-13-10-32-17-18(22(2,3)30)27-20(28-21(17)29(11)13)16-14(23)7-26-19-15(16)12(5-24-4)6-25-19/h6-7,11,13,24,30H,5,8-10H2,1-4H3,(H,25,26)/t11-,13+/m1/s1. The molecular formula is C22H27FN6O3. The van der Waals surface area contributed by atoms with Crippen LogP contribution in [0.4, 0.5) is 10.2 Å². The molecule has 0 aromatic carbocycles. The van der Waals surface area contributed by atoms with Gasteiger partial charge in [-0.05, 0) is 33.4 Å². The topological polar surface area (TPSA) is 108 Å². The number of hydrogen-bond donors (Lipinski definition) is 3. The third-order valence-electron chi connectivity index (χ3n) is 5.96. The number of morpholine rings is 1. The third kappa shape index (κ3) is 3.30. The highest BCUT2D eigenvalue weighted by atomic mass is 19.1. The van der Waals surface area contributed by atoms with E-state index in [4.69, 9.17) is 14.5 Å². The average molecular weight is 442 g/mol. The summed E-state index contributed by atoms with van der Waals surface area (Å²) in [7, 11) is 1.82. The quantitative estimate of drug-likeness (QED) is 0.564. The third-order valence-corrected chi connectivity index (χ3v) is 5.96. The maximum Gasteiger partial charge on any atom is 0.186 e. The van der Waals surface area contributed by atoms with Gasteiger partial charge in [0, 0.05) is 18.1 Å². The molecule has 0 spiro atoms. The number of nitrogens with zero attached hydrogens (tertiary/aromatic N) is 4. The monoisotopic (exact) mass is 442 g/mol. The minimum absolute atomic E-state index is 0.0157. The Hall–Kier alpha value is -2.82. The molecule has 0 aliphatic carbocycles. The summed E-state index contributed by atoms with van der Waals surface area (Å²) >= 11 is 0. The smallest absolute Gasteiger partial charge is 0.186 e. The van der Waals surface area contributed by atoms with Gasteiger partial charge in [0.05, 0.1) is 37.1 Å². The number of anilines is 1. The first-order chi connectivity index (χ1) is 15.3. The van der Waals surface area contributed by atoms with Crippen LogP contribution in [0.15, 0.2) is 12.4 Å². The summed E-state index contributed by atoms with van der Waals surface area (Å²) in [4.78, 5) is 18.9. The first kappa shape index (κ1) is 21.0. The highest BCUT2D eigenvalue weighted by Gasteiger charge is 2.40. The Morgan fingerprint density at radius 2 is 2.12 bits per heavy atom. The number of ether oxygens (including phenoxy) is 2. The van der Waals surface area contributed by atoms with Crippen molar-refractivity contribution >= 4 is 16.9 Å². The van der Waals surface area contributed by atoms with Gasteiger partial charge in [0.25, 0.3) is 0 Å². The van der Waals surface area contributed by atoms with E-state index in [1.165, 1.54) is 6.20 Å². The number of hydrogen-bond acceptors (Lipinski definition) is 8. The minimum Gasteiger partial charge on any atom is -0.485 e. The molecule has 0 saturated carbocycles. The van der Waals surface area contributed by atoms with Crippen molar-refractivity contribution in [3.63, 3.8) is 0 Å². The van der Waals surface area contributed by atoms with Gasteiger partial charge in [0.1, 0.15) is 23.5 Å². The first-order valence-electron chi connectivity index (χ1n) is 10.7. The van der Waals surface area contributed by atoms with Gasteiger partial charge in [0.2, 0.25) is 0 Å². The molecule has 10 heteroatoms. The molecule has 32 heavy (non-hydrogen) atoms. The highest BCUT2D eigenvalue weighted by molar-refractivity contribution is 5.94. The lowest BCUT2D eigenvalue weighted by molar-refractivity contribution is 0.0425. The summed E-state index contributed by atoms with van der Waals surface area (Å²) in [6, 6.07) is 0.0290. The van der Waals surface area contributed by atoms with E-state index in [2.05, 4.69) is 32.1 Å². The SMILES string of the molecule is CNCc1c[nH]c2ncc(F)c(-c3nc4c(c(C(C)(C)O)n3)OC[C@@H]3COC[C@@H](C)N43)c12. The molecule has 2 atom stereocenters. The van der Waals surface area contributed by atoms with Crippen molar-refractivity contribution in [2.24, 2.45) is 0 Å². The van der Waals surface area contributed by atoms with E-state index in [0.717, 1.165) is 5.56 Å². The Labute approximate surface area is 185 Å². The summed E-state index contributed by atoms with van der Waals surface area (Å²) in [6.45, 7) is 7.31. The first-order valence-corrected chi connectivity index (χ1v) is 10.7. The van der Waals surface area contributed by atoms with Gasteiger partial charge < -0.3 is 29.8 Å².